The quantitative estimate of drug-likeness (QED) is 0.326. The Morgan fingerprint density at radius 3 is 2.60 bits per heavy atom. The van der Waals surface area contributed by atoms with Gasteiger partial charge in [0.1, 0.15) is 11.3 Å². The molecule has 3 aliphatic rings. The minimum Gasteiger partial charge on any atom is -0.481 e. The van der Waals surface area contributed by atoms with E-state index in [1.807, 2.05) is 28.0 Å². The second kappa shape index (κ2) is 9.47. The van der Waals surface area contributed by atoms with Gasteiger partial charge in [-0.05, 0) is 85.5 Å². The summed E-state index contributed by atoms with van der Waals surface area (Å²) in [5, 5.41) is 9.29. The molecule has 2 aliphatic heterocycles. The first-order chi connectivity index (χ1) is 19.4. The Morgan fingerprint density at radius 2 is 1.85 bits per heavy atom. The number of carbonyl (C=O) groups is 2. The summed E-state index contributed by atoms with van der Waals surface area (Å²) in [7, 11) is 0. The zero-order valence-electron chi connectivity index (χ0n) is 22.3. The number of halogens is 1. The van der Waals surface area contributed by atoms with Crippen LogP contribution in [-0.4, -0.2) is 46.5 Å². The number of oxazole rings is 1. The molecule has 4 aromatic rings. The van der Waals surface area contributed by atoms with Crippen LogP contribution in [0.1, 0.15) is 65.2 Å². The average Bonchev–Trinajstić information content (AvgIpc) is 3.51. The van der Waals surface area contributed by atoms with E-state index in [1.165, 1.54) is 17.2 Å². The minimum absolute atomic E-state index is 0.0307. The van der Waals surface area contributed by atoms with Gasteiger partial charge in [-0.2, -0.15) is 0 Å². The Balaban J connectivity index is 1.21. The molecule has 7 nitrogen and oxygen atoms in total. The number of rotatable bonds is 5. The van der Waals surface area contributed by atoms with Crippen LogP contribution >= 0.6 is 0 Å². The fraction of sp³-hybridized carbons (Fsp3) is 0.344. The molecule has 3 heterocycles. The number of benzene rings is 3. The number of amides is 1. The van der Waals surface area contributed by atoms with E-state index >= 15 is 4.39 Å². The highest BCUT2D eigenvalue weighted by Gasteiger charge is 2.33. The van der Waals surface area contributed by atoms with Crippen molar-refractivity contribution < 1.29 is 23.5 Å². The molecular weight excluding hydrogens is 509 g/mol. The Bertz CT molecular complexity index is 1660. The van der Waals surface area contributed by atoms with Crippen molar-refractivity contribution in [3.8, 4) is 11.5 Å². The first-order valence-corrected chi connectivity index (χ1v) is 14.0. The third-order valence-electron chi connectivity index (χ3n) is 8.73. The van der Waals surface area contributed by atoms with Crippen LogP contribution in [0, 0.1) is 11.7 Å². The Hall–Kier alpha value is -4.20. The summed E-state index contributed by atoms with van der Waals surface area (Å²) in [5.74, 6) is -1.29. The van der Waals surface area contributed by atoms with E-state index in [1.54, 1.807) is 18.2 Å². The maximum absolute atomic E-state index is 15.4. The summed E-state index contributed by atoms with van der Waals surface area (Å²) in [6, 6.07) is 16.8. The standard InChI is InChI=1S/C32H30FN3O4/c1-18-24-5-3-2-4-19(24)11-13-36(18)31(37)22-14-26(20-6-7-20)29-28(15-22)40-30(34-29)25-9-8-23(16-27(25)33)35-12-10-21(17-35)32(38)39/h2-5,8-9,14-16,18,20-21H,6-7,10-13,17H2,1H3,(H,38,39)/t18-,21+/m1/s1. The molecule has 3 aromatic carbocycles. The Labute approximate surface area is 231 Å². The van der Waals surface area contributed by atoms with Gasteiger partial charge in [0.15, 0.2) is 5.58 Å². The molecule has 2 atom stereocenters. The van der Waals surface area contributed by atoms with Gasteiger partial charge in [-0.25, -0.2) is 9.37 Å². The molecular formula is C32H30FN3O4. The average molecular weight is 540 g/mol. The number of hydrogen-bond acceptors (Lipinski definition) is 5. The molecule has 1 N–H and O–H groups in total. The second-order valence-corrected chi connectivity index (χ2v) is 11.3. The van der Waals surface area contributed by atoms with Crippen molar-refractivity contribution in [2.45, 2.75) is 44.6 Å². The van der Waals surface area contributed by atoms with Gasteiger partial charge in [0.25, 0.3) is 5.91 Å². The van der Waals surface area contributed by atoms with Crippen LogP contribution in [-0.2, 0) is 11.2 Å². The van der Waals surface area contributed by atoms with Crippen molar-refractivity contribution in [3.63, 3.8) is 0 Å². The van der Waals surface area contributed by atoms with E-state index in [0.717, 1.165) is 24.8 Å². The number of fused-ring (bicyclic) bond motifs is 2. The van der Waals surface area contributed by atoms with Gasteiger partial charge in [-0.1, -0.05) is 24.3 Å². The molecule has 2 fully saturated rings. The monoisotopic (exact) mass is 539 g/mol. The number of carboxylic acids is 1. The van der Waals surface area contributed by atoms with Gasteiger partial charge in [-0.3, -0.25) is 9.59 Å². The van der Waals surface area contributed by atoms with Crippen molar-refractivity contribution in [1.29, 1.82) is 0 Å². The maximum Gasteiger partial charge on any atom is 0.308 e. The van der Waals surface area contributed by atoms with Gasteiger partial charge in [0.05, 0.1) is 17.5 Å². The molecule has 1 amide bonds. The third-order valence-corrected chi connectivity index (χ3v) is 8.73. The molecule has 204 valence electrons. The highest BCUT2D eigenvalue weighted by atomic mass is 19.1. The SMILES string of the molecule is C[C@@H]1c2ccccc2CCN1C(=O)c1cc(C2CC2)c2nc(-c3ccc(N4CC[C@H](C(=O)O)C4)cc3F)oc2c1. The normalized spacial score (nSPS) is 20.6. The van der Waals surface area contributed by atoms with Crippen molar-refractivity contribution in [3.05, 3.63) is 82.7 Å². The summed E-state index contributed by atoms with van der Waals surface area (Å²) in [6.45, 7) is 3.65. The largest absolute Gasteiger partial charge is 0.481 e. The van der Waals surface area contributed by atoms with Gasteiger partial charge in [-0.15, -0.1) is 0 Å². The van der Waals surface area contributed by atoms with Crippen molar-refractivity contribution in [1.82, 2.24) is 9.88 Å². The van der Waals surface area contributed by atoms with Crippen LogP contribution in [0.2, 0.25) is 0 Å². The molecule has 1 aliphatic carbocycles. The van der Waals surface area contributed by atoms with Crippen LogP contribution in [0.5, 0.6) is 0 Å². The van der Waals surface area contributed by atoms with Gasteiger partial charge >= 0.3 is 5.97 Å². The number of carboxylic acid groups (broad SMARTS) is 1. The summed E-state index contributed by atoms with van der Waals surface area (Å²) < 4.78 is 21.5. The molecule has 0 radical (unpaired) electrons. The van der Waals surface area contributed by atoms with Crippen LogP contribution in [0.25, 0.3) is 22.6 Å². The van der Waals surface area contributed by atoms with Crippen LogP contribution in [0.3, 0.4) is 0 Å². The van der Waals surface area contributed by atoms with Crippen molar-refractivity contribution in [2.75, 3.05) is 24.5 Å². The lowest BCUT2D eigenvalue weighted by atomic mass is 9.93. The lowest BCUT2D eigenvalue weighted by Crippen LogP contribution is -2.38. The van der Waals surface area contributed by atoms with Crippen LogP contribution in [0.4, 0.5) is 10.1 Å². The summed E-state index contributed by atoms with van der Waals surface area (Å²) >= 11 is 0. The summed E-state index contributed by atoms with van der Waals surface area (Å²) in [4.78, 5) is 33.6. The van der Waals surface area contributed by atoms with E-state index in [-0.39, 0.29) is 23.4 Å². The minimum atomic E-state index is -0.824. The van der Waals surface area contributed by atoms with E-state index < -0.39 is 17.7 Å². The fourth-order valence-corrected chi connectivity index (χ4v) is 6.29. The molecule has 1 saturated heterocycles. The van der Waals surface area contributed by atoms with Gasteiger partial charge in [0.2, 0.25) is 5.89 Å². The molecule has 1 aromatic heterocycles. The second-order valence-electron chi connectivity index (χ2n) is 11.3. The Kier molecular flexibility index (Phi) is 5.87. The van der Waals surface area contributed by atoms with Crippen LogP contribution < -0.4 is 4.90 Å². The summed E-state index contributed by atoms with van der Waals surface area (Å²) in [6.07, 6.45) is 3.41. The number of anilines is 1. The predicted molar refractivity (Wildman–Crippen MR) is 149 cm³/mol. The zero-order chi connectivity index (χ0) is 27.5. The fourth-order valence-electron chi connectivity index (χ4n) is 6.29. The molecule has 40 heavy (non-hydrogen) atoms. The molecule has 1 saturated carbocycles. The van der Waals surface area contributed by atoms with Crippen molar-refractivity contribution in [2.24, 2.45) is 5.92 Å². The highest BCUT2D eigenvalue weighted by Crippen LogP contribution is 2.45. The van der Waals surface area contributed by atoms with E-state index in [2.05, 4.69) is 19.1 Å². The molecule has 0 bridgehead atoms. The molecule has 0 unspecified atom stereocenters. The number of hydrogen-bond donors (Lipinski definition) is 1. The lowest BCUT2D eigenvalue weighted by Gasteiger charge is -2.35. The number of nitrogens with zero attached hydrogens (tertiary/aromatic N) is 3. The van der Waals surface area contributed by atoms with Crippen molar-refractivity contribution >= 4 is 28.7 Å². The molecule has 8 heteroatoms. The number of carbonyl (C=O) groups excluding carboxylic acids is 1. The van der Waals surface area contributed by atoms with E-state index in [9.17, 15) is 14.7 Å². The van der Waals surface area contributed by atoms with Gasteiger partial charge in [0, 0.05) is 30.9 Å². The maximum atomic E-state index is 15.4. The molecule has 7 rings (SSSR count). The summed E-state index contributed by atoms with van der Waals surface area (Å²) in [5.41, 5.74) is 6.07. The third kappa shape index (κ3) is 4.22. The lowest BCUT2D eigenvalue weighted by molar-refractivity contribution is -0.140. The topological polar surface area (TPSA) is 86.9 Å². The zero-order valence-corrected chi connectivity index (χ0v) is 22.3. The first kappa shape index (κ1) is 24.8. The van der Waals surface area contributed by atoms with Gasteiger partial charge < -0.3 is 19.3 Å². The van der Waals surface area contributed by atoms with Crippen LogP contribution in [0.15, 0.2) is 59.0 Å². The highest BCUT2D eigenvalue weighted by molar-refractivity contribution is 5.99. The first-order valence-electron chi connectivity index (χ1n) is 14.0. The van der Waals surface area contributed by atoms with E-state index in [4.69, 9.17) is 9.40 Å². The molecule has 0 spiro atoms. The number of aliphatic carboxylic acids is 1. The predicted octanol–water partition coefficient (Wildman–Crippen LogP) is 6.18. The smallest absolute Gasteiger partial charge is 0.308 e. The Morgan fingerprint density at radius 1 is 1.02 bits per heavy atom. The number of aromatic nitrogens is 1. The van der Waals surface area contributed by atoms with E-state index in [0.29, 0.717) is 54.3 Å².